The normalized spacial score (nSPS) is 26.9. The molecule has 1 aromatic heterocycles. The molecule has 1 aliphatic heterocycles. The highest BCUT2D eigenvalue weighted by atomic mass is 16.5. The monoisotopic (exact) mass is 220 g/mol. The van der Waals surface area contributed by atoms with Gasteiger partial charge in [0.2, 0.25) is 0 Å². The van der Waals surface area contributed by atoms with Gasteiger partial charge in [-0.15, -0.1) is 0 Å². The van der Waals surface area contributed by atoms with E-state index in [1.807, 2.05) is 19.4 Å². The first-order chi connectivity index (χ1) is 7.81. The van der Waals surface area contributed by atoms with Gasteiger partial charge in [0.05, 0.1) is 6.10 Å². The van der Waals surface area contributed by atoms with Crippen molar-refractivity contribution in [2.45, 2.75) is 31.9 Å². The van der Waals surface area contributed by atoms with Gasteiger partial charge in [0, 0.05) is 31.0 Å². The third-order valence-corrected chi connectivity index (χ3v) is 3.53. The Kier molecular flexibility index (Phi) is 3.91. The molecule has 3 nitrogen and oxygen atoms in total. The molecule has 3 unspecified atom stereocenters. The lowest BCUT2D eigenvalue weighted by molar-refractivity contribution is 0.0963. The Morgan fingerprint density at radius 1 is 1.50 bits per heavy atom. The van der Waals surface area contributed by atoms with Gasteiger partial charge in [0.25, 0.3) is 0 Å². The van der Waals surface area contributed by atoms with E-state index in [1.54, 1.807) is 0 Å². The molecule has 0 aromatic carbocycles. The lowest BCUT2D eigenvalue weighted by atomic mass is 9.89. The third-order valence-electron chi connectivity index (χ3n) is 3.53. The number of ether oxygens (including phenoxy) is 1. The van der Waals surface area contributed by atoms with Crippen LogP contribution in [0.3, 0.4) is 0 Å². The van der Waals surface area contributed by atoms with Crippen molar-refractivity contribution in [1.82, 2.24) is 10.3 Å². The zero-order chi connectivity index (χ0) is 11.4. The number of likely N-dealkylation sites (N-methyl/N-ethyl adjacent to an activating group) is 1. The minimum atomic E-state index is 0.374. The van der Waals surface area contributed by atoms with Crippen LogP contribution in [0, 0.1) is 5.92 Å². The van der Waals surface area contributed by atoms with Gasteiger partial charge in [-0.2, -0.15) is 0 Å². The van der Waals surface area contributed by atoms with Crippen molar-refractivity contribution < 1.29 is 4.74 Å². The van der Waals surface area contributed by atoms with Gasteiger partial charge >= 0.3 is 0 Å². The van der Waals surface area contributed by atoms with E-state index in [2.05, 4.69) is 29.4 Å². The maximum Gasteiger partial charge on any atom is 0.0590 e. The fraction of sp³-hybridized carbons (Fsp3) is 0.615. The average molecular weight is 220 g/mol. The average Bonchev–Trinajstić information content (AvgIpc) is 2.74. The summed E-state index contributed by atoms with van der Waals surface area (Å²) in [5, 5.41) is 3.42. The van der Waals surface area contributed by atoms with Crippen LogP contribution < -0.4 is 5.32 Å². The molecular weight excluding hydrogens is 200 g/mol. The smallest absolute Gasteiger partial charge is 0.0590 e. The third kappa shape index (κ3) is 2.60. The quantitative estimate of drug-likeness (QED) is 0.837. The fourth-order valence-electron chi connectivity index (χ4n) is 2.52. The summed E-state index contributed by atoms with van der Waals surface area (Å²) in [5.74, 6) is 0.623. The molecule has 16 heavy (non-hydrogen) atoms. The van der Waals surface area contributed by atoms with Crippen molar-refractivity contribution in [2.24, 2.45) is 5.92 Å². The van der Waals surface area contributed by atoms with E-state index < -0.39 is 0 Å². The summed E-state index contributed by atoms with van der Waals surface area (Å²) < 4.78 is 5.63. The molecule has 1 aliphatic rings. The van der Waals surface area contributed by atoms with E-state index in [-0.39, 0.29) is 0 Å². The van der Waals surface area contributed by atoms with Crippen LogP contribution in [0.1, 0.15) is 18.9 Å². The molecule has 0 aliphatic carbocycles. The summed E-state index contributed by atoms with van der Waals surface area (Å²) in [4.78, 5) is 4.05. The summed E-state index contributed by atoms with van der Waals surface area (Å²) in [6.07, 6.45) is 6.31. The van der Waals surface area contributed by atoms with Crippen molar-refractivity contribution in [3.8, 4) is 0 Å². The lowest BCUT2D eigenvalue weighted by Gasteiger charge is -2.25. The standard InChI is InChI=1S/C13H20N2O/c1-10-12(5-8-16-10)13(14-2)9-11-3-6-15-7-4-11/h3-4,6-7,10,12-14H,5,8-9H2,1-2H3. The Balaban J connectivity index is 2.00. The van der Waals surface area contributed by atoms with E-state index in [9.17, 15) is 0 Å². The van der Waals surface area contributed by atoms with Gasteiger partial charge in [-0.3, -0.25) is 4.98 Å². The number of hydrogen-bond acceptors (Lipinski definition) is 3. The Bertz CT molecular complexity index is 315. The minimum absolute atomic E-state index is 0.374. The maximum atomic E-state index is 5.63. The largest absolute Gasteiger partial charge is 0.378 e. The first kappa shape index (κ1) is 11.6. The molecular formula is C13H20N2O. The zero-order valence-electron chi connectivity index (χ0n) is 10.0. The predicted molar refractivity (Wildman–Crippen MR) is 64.3 cm³/mol. The molecule has 3 heteroatoms. The van der Waals surface area contributed by atoms with E-state index in [0.717, 1.165) is 19.4 Å². The second kappa shape index (κ2) is 5.41. The molecule has 0 amide bonds. The minimum Gasteiger partial charge on any atom is -0.378 e. The van der Waals surface area contributed by atoms with Crippen molar-refractivity contribution in [2.75, 3.05) is 13.7 Å². The second-order valence-electron chi connectivity index (χ2n) is 4.48. The van der Waals surface area contributed by atoms with Gasteiger partial charge in [0.1, 0.15) is 0 Å². The molecule has 0 radical (unpaired) electrons. The predicted octanol–water partition coefficient (Wildman–Crippen LogP) is 1.64. The Morgan fingerprint density at radius 3 is 2.81 bits per heavy atom. The summed E-state index contributed by atoms with van der Waals surface area (Å²) in [6, 6.07) is 4.68. The first-order valence-electron chi connectivity index (χ1n) is 5.99. The highest BCUT2D eigenvalue weighted by Crippen LogP contribution is 2.25. The molecule has 0 bridgehead atoms. The van der Waals surface area contributed by atoms with Crippen LogP contribution in [0.25, 0.3) is 0 Å². The van der Waals surface area contributed by atoms with E-state index in [4.69, 9.17) is 4.74 Å². The van der Waals surface area contributed by atoms with Gasteiger partial charge in [0.15, 0.2) is 0 Å². The topological polar surface area (TPSA) is 34.2 Å². The van der Waals surface area contributed by atoms with Crippen LogP contribution in [-0.4, -0.2) is 30.8 Å². The van der Waals surface area contributed by atoms with Gasteiger partial charge in [-0.05, 0) is 44.5 Å². The highest BCUT2D eigenvalue weighted by molar-refractivity contribution is 5.12. The fourth-order valence-corrected chi connectivity index (χ4v) is 2.52. The first-order valence-corrected chi connectivity index (χ1v) is 5.99. The Labute approximate surface area is 97.2 Å². The number of nitrogens with zero attached hydrogens (tertiary/aromatic N) is 1. The maximum absolute atomic E-state index is 5.63. The van der Waals surface area contributed by atoms with E-state index in [0.29, 0.717) is 18.1 Å². The highest BCUT2D eigenvalue weighted by Gasteiger charge is 2.30. The molecule has 0 saturated carbocycles. The molecule has 1 aromatic rings. The number of rotatable bonds is 4. The Hall–Kier alpha value is -0.930. The Morgan fingerprint density at radius 2 is 2.25 bits per heavy atom. The molecule has 1 saturated heterocycles. The zero-order valence-corrected chi connectivity index (χ0v) is 10.0. The van der Waals surface area contributed by atoms with Gasteiger partial charge in [-0.1, -0.05) is 0 Å². The molecule has 3 atom stereocenters. The van der Waals surface area contributed by atoms with Crippen LogP contribution in [0.4, 0.5) is 0 Å². The van der Waals surface area contributed by atoms with E-state index >= 15 is 0 Å². The van der Waals surface area contributed by atoms with Crippen LogP contribution in [0.15, 0.2) is 24.5 Å². The summed E-state index contributed by atoms with van der Waals surface area (Å²) in [6.45, 7) is 3.08. The number of pyridine rings is 1. The van der Waals surface area contributed by atoms with Gasteiger partial charge in [-0.25, -0.2) is 0 Å². The molecule has 88 valence electrons. The SMILES string of the molecule is CNC(Cc1ccncc1)C1CCOC1C. The molecule has 1 N–H and O–H groups in total. The second-order valence-corrected chi connectivity index (χ2v) is 4.48. The summed E-state index contributed by atoms with van der Waals surface area (Å²) >= 11 is 0. The van der Waals surface area contributed by atoms with Crippen molar-refractivity contribution in [3.05, 3.63) is 30.1 Å². The van der Waals surface area contributed by atoms with Crippen molar-refractivity contribution in [3.63, 3.8) is 0 Å². The molecule has 0 spiro atoms. The lowest BCUT2D eigenvalue weighted by Crippen LogP contribution is -2.38. The molecule has 2 heterocycles. The van der Waals surface area contributed by atoms with Crippen LogP contribution in [0.5, 0.6) is 0 Å². The number of nitrogens with one attached hydrogen (secondary N) is 1. The van der Waals surface area contributed by atoms with Crippen LogP contribution in [-0.2, 0) is 11.2 Å². The van der Waals surface area contributed by atoms with Crippen LogP contribution >= 0.6 is 0 Å². The number of hydrogen-bond donors (Lipinski definition) is 1. The van der Waals surface area contributed by atoms with E-state index in [1.165, 1.54) is 5.56 Å². The summed E-state index contributed by atoms with van der Waals surface area (Å²) in [7, 11) is 2.04. The summed E-state index contributed by atoms with van der Waals surface area (Å²) in [5.41, 5.74) is 1.34. The van der Waals surface area contributed by atoms with Gasteiger partial charge < -0.3 is 10.1 Å². The van der Waals surface area contributed by atoms with Crippen molar-refractivity contribution in [1.29, 1.82) is 0 Å². The molecule has 2 rings (SSSR count). The molecule has 1 fully saturated rings. The van der Waals surface area contributed by atoms with Crippen LogP contribution in [0.2, 0.25) is 0 Å². The van der Waals surface area contributed by atoms with Crippen molar-refractivity contribution >= 4 is 0 Å². The number of aromatic nitrogens is 1.